The standard InChI is InChI=1S/C12H18N2O/c1-14-12(15)9-11(13)8-7-10-5-3-2-4-6-10/h2-6,11H,7-9,13H2,1H3,(H,14,15)/t11-/m1/s1. The molecule has 0 aliphatic carbocycles. The summed E-state index contributed by atoms with van der Waals surface area (Å²) >= 11 is 0. The largest absolute Gasteiger partial charge is 0.359 e. The maximum atomic E-state index is 11.0. The van der Waals surface area contributed by atoms with Crippen molar-refractivity contribution in [2.24, 2.45) is 5.73 Å². The Bertz CT molecular complexity index is 298. The topological polar surface area (TPSA) is 55.1 Å². The number of benzene rings is 1. The van der Waals surface area contributed by atoms with Crippen LogP contribution in [0.3, 0.4) is 0 Å². The number of rotatable bonds is 5. The van der Waals surface area contributed by atoms with Gasteiger partial charge in [-0.2, -0.15) is 0 Å². The molecule has 0 radical (unpaired) electrons. The fourth-order valence-electron chi connectivity index (χ4n) is 1.44. The van der Waals surface area contributed by atoms with Crippen molar-refractivity contribution >= 4 is 5.91 Å². The van der Waals surface area contributed by atoms with Crippen LogP contribution in [0.1, 0.15) is 18.4 Å². The van der Waals surface area contributed by atoms with Crippen LogP contribution in [0.4, 0.5) is 0 Å². The van der Waals surface area contributed by atoms with E-state index in [1.807, 2.05) is 18.2 Å². The summed E-state index contributed by atoms with van der Waals surface area (Å²) in [5.41, 5.74) is 7.11. The van der Waals surface area contributed by atoms with Crippen molar-refractivity contribution < 1.29 is 4.79 Å². The molecule has 0 heterocycles. The average Bonchev–Trinajstić information content (AvgIpc) is 2.27. The molecule has 1 aromatic carbocycles. The second-order valence-electron chi connectivity index (χ2n) is 3.66. The van der Waals surface area contributed by atoms with E-state index in [0.29, 0.717) is 6.42 Å². The lowest BCUT2D eigenvalue weighted by atomic mass is 10.0. The zero-order valence-corrected chi connectivity index (χ0v) is 9.07. The van der Waals surface area contributed by atoms with Crippen LogP contribution in [0, 0.1) is 0 Å². The van der Waals surface area contributed by atoms with Crippen molar-refractivity contribution in [1.29, 1.82) is 0 Å². The summed E-state index contributed by atoms with van der Waals surface area (Å²) in [6.45, 7) is 0. The molecule has 0 aromatic heterocycles. The molecule has 3 heteroatoms. The second kappa shape index (κ2) is 6.19. The van der Waals surface area contributed by atoms with Gasteiger partial charge in [-0.05, 0) is 18.4 Å². The van der Waals surface area contributed by atoms with Gasteiger partial charge in [0, 0.05) is 19.5 Å². The zero-order valence-electron chi connectivity index (χ0n) is 9.07. The van der Waals surface area contributed by atoms with Gasteiger partial charge in [0.2, 0.25) is 5.91 Å². The minimum absolute atomic E-state index is 0.00978. The number of carbonyl (C=O) groups excluding carboxylic acids is 1. The van der Waals surface area contributed by atoms with E-state index in [9.17, 15) is 4.79 Å². The Morgan fingerprint density at radius 1 is 1.40 bits per heavy atom. The lowest BCUT2D eigenvalue weighted by molar-refractivity contribution is -0.120. The maximum absolute atomic E-state index is 11.0. The third-order valence-electron chi connectivity index (χ3n) is 2.37. The molecule has 82 valence electrons. The highest BCUT2D eigenvalue weighted by molar-refractivity contribution is 5.76. The number of nitrogens with two attached hydrogens (primary N) is 1. The van der Waals surface area contributed by atoms with Crippen LogP contribution in [0.15, 0.2) is 30.3 Å². The maximum Gasteiger partial charge on any atom is 0.221 e. The van der Waals surface area contributed by atoms with Crippen LogP contribution in [-0.4, -0.2) is 19.0 Å². The Morgan fingerprint density at radius 2 is 2.07 bits per heavy atom. The Kier molecular flexibility index (Phi) is 4.84. The number of hydrogen-bond donors (Lipinski definition) is 2. The zero-order chi connectivity index (χ0) is 11.1. The molecule has 0 saturated carbocycles. The smallest absolute Gasteiger partial charge is 0.221 e. The van der Waals surface area contributed by atoms with Gasteiger partial charge < -0.3 is 11.1 Å². The summed E-state index contributed by atoms with van der Waals surface area (Å²) < 4.78 is 0. The molecule has 1 atom stereocenters. The molecule has 1 aromatic rings. The van der Waals surface area contributed by atoms with E-state index in [-0.39, 0.29) is 11.9 Å². The predicted octanol–water partition coefficient (Wildman–Crippen LogP) is 1.08. The molecule has 0 spiro atoms. The first-order chi connectivity index (χ1) is 7.22. The molecule has 1 amide bonds. The Balaban J connectivity index is 2.28. The van der Waals surface area contributed by atoms with Gasteiger partial charge in [-0.25, -0.2) is 0 Å². The monoisotopic (exact) mass is 206 g/mol. The third kappa shape index (κ3) is 4.61. The second-order valence-corrected chi connectivity index (χ2v) is 3.66. The van der Waals surface area contributed by atoms with Crippen molar-refractivity contribution in [3.8, 4) is 0 Å². The molecule has 3 N–H and O–H groups in total. The number of nitrogens with one attached hydrogen (secondary N) is 1. The molecular formula is C12H18N2O. The Labute approximate surface area is 90.7 Å². The highest BCUT2D eigenvalue weighted by atomic mass is 16.1. The van der Waals surface area contributed by atoms with Crippen LogP contribution in [-0.2, 0) is 11.2 Å². The van der Waals surface area contributed by atoms with Crippen molar-refractivity contribution in [2.75, 3.05) is 7.05 Å². The highest BCUT2D eigenvalue weighted by Crippen LogP contribution is 2.05. The van der Waals surface area contributed by atoms with E-state index < -0.39 is 0 Å². The van der Waals surface area contributed by atoms with Crippen LogP contribution in [0.25, 0.3) is 0 Å². The van der Waals surface area contributed by atoms with Crippen LogP contribution in [0.2, 0.25) is 0 Å². The van der Waals surface area contributed by atoms with Crippen molar-refractivity contribution in [3.05, 3.63) is 35.9 Å². The summed E-state index contributed by atoms with van der Waals surface area (Å²) in [6.07, 6.45) is 2.18. The summed E-state index contributed by atoms with van der Waals surface area (Å²) in [5.74, 6) is 0.00978. The first-order valence-electron chi connectivity index (χ1n) is 5.22. The molecule has 0 unspecified atom stereocenters. The lowest BCUT2D eigenvalue weighted by Crippen LogP contribution is -2.29. The fraction of sp³-hybridized carbons (Fsp3) is 0.417. The number of carbonyl (C=O) groups is 1. The van der Waals surface area contributed by atoms with Gasteiger partial charge in [0.25, 0.3) is 0 Å². The average molecular weight is 206 g/mol. The Morgan fingerprint density at radius 3 is 2.67 bits per heavy atom. The van der Waals surface area contributed by atoms with Crippen molar-refractivity contribution in [2.45, 2.75) is 25.3 Å². The summed E-state index contributed by atoms with van der Waals surface area (Å²) in [5, 5.41) is 2.58. The van der Waals surface area contributed by atoms with Gasteiger partial charge in [0.1, 0.15) is 0 Å². The van der Waals surface area contributed by atoms with Gasteiger partial charge in [0.05, 0.1) is 0 Å². The molecule has 0 aliphatic rings. The van der Waals surface area contributed by atoms with E-state index in [2.05, 4.69) is 17.4 Å². The number of hydrogen-bond acceptors (Lipinski definition) is 2. The van der Waals surface area contributed by atoms with E-state index in [1.165, 1.54) is 5.56 Å². The molecule has 0 aliphatic heterocycles. The SMILES string of the molecule is CNC(=O)C[C@H](N)CCc1ccccc1. The molecule has 1 rings (SSSR count). The van der Waals surface area contributed by atoms with Crippen molar-refractivity contribution in [3.63, 3.8) is 0 Å². The first kappa shape index (κ1) is 11.7. The summed E-state index contributed by atoms with van der Waals surface area (Å²) in [6, 6.07) is 10.1. The van der Waals surface area contributed by atoms with Gasteiger partial charge in [-0.1, -0.05) is 30.3 Å². The summed E-state index contributed by atoms with van der Waals surface area (Å²) in [4.78, 5) is 11.0. The van der Waals surface area contributed by atoms with E-state index >= 15 is 0 Å². The minimum Gasteiger partial charge on any atom is -0.359 e. The van der Waals surface area contributed by atoms with E-state index in [1.54, 1.807) is 7.05 Å². The number of amides is 1. The third-order valence-corrected chi connectivity index (χ3v) is 2.37. The van der Waals surface area contributed by atoms with Crippen LogP contribution < -0.4 is 11.1 Å². The normalized spacial score (nSPS) is 12.1. The molecule has 0 bridgehead atoms. The predicted molar refractivity (Wildman–Crippen MR) is 61.4 cm³/mol. The molecule has 0 fully saturated rings. The minimum atomic E-state index is -0.0508. The molecule has 3 nitrogen and oxygen atoms in total. The molecule has 0 saturated heterocycles. The number of aryl methyl sites for hydroxylation is 1. The summed E-state index contributed by atoms with van der Waals surface area (Å²) in [7, 11) is 1.63. The van der Waals surface area contributed by atoms with Crippen LogP contribution >= 0.6 is 0 Å². The highest BCUT2D eigenvalue weighted by Gasteiger charge is 2.07. The fourth-order valence-corrected chi connectivity index (χ4v) is 1.44. The van der Waals surface area contributed by atoms with Gasteiger partial charge in [0.15, 0.2) is 0 Å². The first-order valence-corrected chi connectivity index (χ1v) is 5.22. The lowest BCUT2D eigenvalue weighted by Gasteiger charge is -2.10. The Hall–Kier alpha value is -1.35. The van der Waals surface area contributed by atoms with E-state index in [0.717, 1.165) is 12.8 Å². The molecular weight excluding hydrogens is 188 g/mol. The van der Waals surface area contributed by atoms with Gasteiger partial charge >= 0.3 is 0 Å². The van der Waals surface area contributed by atoms with E-state index in [4.69, 9.17) is 5.73 Å². The van der Waals surface area contributed by atoms with Crippen LogP contribution in [0.5, 0.6) is 0 Å². The quantitative estimate of drug-likeness (QED) is 0.757. The molecule has 15 heavy (non-hydrogen) atoms. The van der Waals surface area contributed by atoms with Gasteiger partial charge in [-0.15, -0.1) is 0 Å². The van der Waals surface area contributed by atoms with Gasteiger partial charge in [-0.3, -0.25) is 4.79 Å². The van der Waals surface area contributed by atoms with Crippen molar-refractivity contribution in [1.82, 2.24) is 5.32 Å².